The number of aryl methyl sites for hydroxylation is 1. The van der Waals surface area contributed by atoms with E-state index >= 15 is 0 Å². The van der Waals surface area contributed by atoms with Crippen LogP contribution in [0.2, 0.25) is 0 Å². The molecule has 0 saturated carbocycles. The zero-order chi connectivity index (χ0) is 15.2. The summed E-state index contributed by atoms with van der Waals surface area (Å²) in [6.07, 6.45) is 1.93. The van der Waals surface area contributed by atoms with Gasteiger partial charge in [-0.05, 0) is 43.6 Å². The summed E-state index contributed by atoms with van der Waals surface area (Å²) in [6, 6.07) is 4.69. The Morgan fingerprint density at radius 2 is 2.00 bits per heavy atom. The highest BCUT2D eigenvalue weighted by molar-refractivity contribution is 7.14. The first-order valence-electron chi connectivity index (χ1n) is 7.11. The first-order chi connectivity index (χ1) is 10.1. The van der Waals surface area contributed by atoms with Gasteiger partial charge in [0, 0.05) is 12.0 Å². The molecule has 0 aliphatic carbocycles. The fraction of sp³-hybridized carbons (Fsp3) is 0.467. The van der Waals surface area contributed by atoms with Crippen LogP contribution >= 0.6 is 11.3 Å². The van der Waals surface area contributed by atoms with Gasteiger partial charge in [-0.2, -0.15) is 0 Å². The Morgan fingerprint density at radius 1 is 1.19 bits per heavy atom. The summed E-state index contributed by atoms with van der Waals surface area (Å²) in [4.78, 5) is 0. The molecule has 1 heterocycles. The third-order valence-corrected chi connectivity index (χ3v) is 4.02. The molecule has 0 unspecified atom stereocenters. The molecule has 0 aliphatic rings. The zero-order valence-electron chi connectivity index (χ0n) is 12.3. The van der Waals surface area contributed by atoms with Crippen molar-refractivity contribution in [3.8, 4) is 22.1 Å². The van der Waals surface area contributed by atoms with Crippen LogP contribution in [0.15, 0.2) is 18.2 Å². The van der Waals surface area contributed by atoms with Crippen molar-refractivity contribution in [2.75, 3.05) is 13.1 Å². The lowest BCUT2D eigenvalue weighted by molar-refractivity contribution is 0.404. The lowest BCUT2D eigenvalue weighted by atomic mass is 10.2. The van der Waals surface area contributed by atoms with Gasteiger partial charge in [-0.15, -0.1) is 10.2 Å². The Morgan fingerprint density at radius 3 is 2.71 bits per heavy atom. The molecule has 3 N–H and O–H groups in total. The van der Waals surface area contributed by atoms with E-state index in [-0.39, 0.29) is 11.5 Å². The van der Waals surface area contributed by atoms with Gasteiger partial charge in [0.15, 0.2) is 11.5 Å². The van der Waals surface area contributed by atoms with Gasteiger partial charge in [0.25, 0.3) is 0 Å². The number of nitrogens with one attached hydrogen (secondary N) is 1. The van der Waals surface area contributed by atoms with Crippen molar-refractivity contribution < 1.29 is 10.2 Å². The number of nitrogens with zero attached hydrogens (tertiary/aromatic N) is 2. The van der Waals surface area contributed by atoms with Gasteiger partial charge in [-0.3, -0.25) is 0 Å². The Labute approximate surface area is 128 Å². The van der Waals surface area contributed by atoms with Gasteiger partial charge in [-0.25, -0.2) is 0 Å². The van der Waals surface area contributed by atoms with Gasteiger partial charge in [-0.1, -0.05) is 25.2 Å². The van der Waals surface area contributed by atoms with Crippen molar-refractivity contribution in [1.82, 2.24) is 15.5 Å². The van der Waals surface area contributed by atoms with Gasteiger partial charge in [0.1, 0.15) is 10.0 Å². The van der Waals surface area contributed by atoms with Crippen LogP contribution in [0.4, 0.5) is 0 Å². The molecule has 0 aliphatic heterocycles. The Balaban J connectivity index is 1.87. The minimum absolute atomic E-state index is 0.125. The van der Waals surface area contributed by atoms with E-state index in [2.05, 4.69) is 29.4 Å². The minimum Gasteiger partial charge on any atom is -0.504 e. The number of phenolic OH excluding ortho intramolecular Hbond substituents is 2. The fourth-order valence-corrected chi connectivity index (χ4v) is 2.76. The van der Waals surface area contributed by atoms with Crippen LogP contribution in [-0.4, -0.2) is 33.5 Å². The number of phenols is 2. The van der Waals surface area contributed by atoms with E-state index in [0.717, 1.165) is 41.5 Å². The second kappa shape index (κ2) is 7.38. The molecule has 21 heavy (non-hydrogen) atoms. The molecule has 0 bridgehead atoms. The van der Waals surface area contributed by atoms with Gasteiger partial charge < -0.3 is 15.5 Å². The third-order valence-electron chi connectivity index (χ3n) is 2.99. The van der Waals surface area contributed by atoms with E-state index in [0.29, 0.717) is 5.92 Å². The number of hydrogen-bond donors (Lipinski definition) is 3. The van der Waals surface area contributed by atoms with Crippen LogP contribution < -0.4 is 5.32 Å². The highest BCUT2D eigenvalue weighted by atomic mass is 32.1. The van der Waals surface area contributed by atoms with Gasteiger partial charge in [0.05, 0.1) is 0 Å². The molecule has 5 nitrogen and oxygen atoms in total. The molecular weight excluding hydrogens is 286 g/mol. The first-order valence-corrected chi connectivity index (χ1v) is 7.93. The number of rotatable bonds is 7. The van der Waals surface area contributed by atoms with Crippen LogP contribution in [0.25, 0.3) is 10.6 Å². The molecule has 0 spiro atoms. The average molecular weight is 307 g/mol. The highest BCUT2D eigenvalue weighted by Crippen LogP contribution is 2.31. The number of aromatic nitrogens is 2. The molecule has 1 aromatic heterocycles. The van der Waals surface area contributed by atoms with E-state index in [4.69, 9.17) is 0 Å². The predicted molar refractivity (Wildman–Crippen MR) is 84.7 cm³/mol. The largest absolute Gasteiger partial charge is 0.504 e. The maximum absolute atomic E-state index is 9.51. The SMILES string of the molecule is CC(C)CNCCCc1nnc(-c2ccc(O)c(O)c2)s1. The van der Waals surface area contributed by atoms with Crippen molar-refractivity contribution in [2.24, 2.45) is 5.92 Å². The smallest absolute Gasteiger partial charge is 0.158 e. The summed E-state index contributed by atoms with van der Waals surface area (Å²) in [5.74, 6) is 0.405. The van der Waals surface area contributed by atoms with Gasteiger partial charge in [0.2, 0.25) is 0 Å². The summed E-state index contributed by atoms with van der Waals surface area (Å²) >= 11 is 1.52. The van der Waals surface area contributed by atoms with Crippen LogP contribution in [0.3, 0.4) is 0 Å². The molecular formula is C15H21N3O2S. The van der Waals surface area contributed by atoms with E-state index in [1.54, 1.807) is 6.07 Å². The fourth-order valence-electron chi connectivity index (χ4n) is 1.88. The number of benzene rings is 1. The zero-order valence-corrected chi connectivity index (χ0v) is 13.2. The standard InChI is InChI=1S/C15H21N3O2S/c1-10(2)9-16-7-3-4-14-17-18-15(21-14)11-5-6-12(19)13(20)8-11/h5-6,8,10,16,19-20H,3-4,7,9H2,1-2H3. The van der Waals surface area contributed by atoms with Gasteiger partial charge >= 0.3 is 0 Å². The lowest BCUT2D eigenvalue weighted by Crippen LogP contribution is -2.21. The maximum atomic E-state index is 9.51. The van der Waals surface area contributed by atoms with E-state index in [9.17, 15) is 10.2 Å². The highest BCUT2D eigenvalue weighted by Gasteiger charge is 2.09. The molecule has 0 atom stereocenters. The third kappa shape index (κ3) is 4.68. The average Bonchev–Trinajstić information content (AvgIpc) is 2.90. The normalized spacial score (nSPS) is 11.2. The molecule has 0 amide bonds. The Kier molecular flexibility index (Phi) is 5.52. The molecule has 0 saturated heterocycles. The number of hydrogen-bond acceptors (Lipinski definition) is 6. The molecule has 6 heteroatoms. The lowest BCUT2D eigenvalue weighted by Gasteiger charge is -2.05. The summed E-state index contributed by atoms with van der Waals surface area (Å²) in [5.41, 5.74) is 0.770. The second-order valence-corrected chi connectivity index (χ2v) is 6.47. The predicted octanol–water partition coefficient (Wildman–Crippen LogP) is 2.79. The van der Waals surface area contributed by atoms with Crippen LogP contribution in [0, 0.1) is 5.92 Å². The van der Waals surface area contributed by atoms with Crippen molar-refractivity contribution >= 4 is 11.3 Å². The molecule has 0 radical (unpaired) electrons. The van der Waals surface area contributed by atoms with Crippen molar-refractivity contribution in [3.05, 3.63) is 23.2 Å². The summed E-state index contributed by atoms with van der Waals surface area (Å²) in [7, 11) is 0. The summed E-state index contributed by atoms with van der Waals surface area (Å²) < 4.78 is 0. The molecule has 1 aromatic carbocycles. The minimum atomic E-state index is -0.137. The summed E-state index contributed by atoms with van der Waals surface area (Å²) in [5, 5.41) is 32.3. The summed E-state index contributed by atoms with van der Waals surface area (Å²) in [6.45, 7) is 6.40. The number of aromatic hydroxyl groups is 2. The second-order valence-electron chi connectivity index (χ2n) is 5.41. The topological polar surface area (TPSA) is 78.3 Å². The van der Waals surface area contributed by atoms with Crippen molar-refractivity contribution in [2.45, 2.75) is 26.7 Å². The van der Waals surface area contributed by atoms with Crippen molar-refractivity contribution in [1.29, 1.82) is 0 Å². The molecule has 0 fully saturated rings. The Bertz CT molecular complexity index is 584. The first kappa shape index (κ1) is 15.7. The van der Waals surface area contributed by atoms with Crippen LogP contribution in [0.1, 0.15) is 25.3 Å². The molecule has 114 valence electrons. The van der Waals surface area contributed by atoms with E-state index in [1.165, 1.54) is 23.5 Å². The van der Waals surface area contributed by atoms with E-state index in [1.807, 2.05) is 0 Å². The Hall–Kier alpha value is -1.66. The molecule has 2 aromatic rings. The van der Waals surface area contributed by atoms with Crippen LogP contribution in [-0.2, 0) is 6.42 Å². The van der Waals surface area contributed by atoms with Crippen LogP contribution in [0.5, 0.6) is 11.5 Å². The van der Waals surface area contributed by atoms with Crippen molar-refractivity contribution in [3.63, 3.8) is 0 Å². The van der Waals surface area contributed by atoms with E-state index < -0.39 is 0 Å². The molecule has 2 rings (SSSR count). The maximum Gasteiger partial charge on any atom is 0.158 e. The quantitative estimate of drug-likeness (QED) is 0.541. The monoisotopic (exact) mass is 307 g/mol.